The maximum absolute atomic E-state index is 4.61. The van der Waals surface area contributed by atoms with E-state index in [1.165, 1.54) is 22.3 Å². The Morgan fingerprint density at radius 2 is 1.95 bits per heavy atom. The molecule has 0 saturated carbocycles. The molecule has 0 saturated heterocycles. The Balaban J connectivity index is 2.05. The second kappa shape index (κ2) is 6.71. The minimum absolute atomic E-state index is 0.843. The van der Waals surface area contributed by atoms with E-state index in [4.69, 9.17) is 0 Å². The van der Waals surface area contributed by atoms with Gasteiger partial charge in [0.2, 0.25) is 0 Å². The summed E-state index contributed by atoms with van der Waals surface area (Å²) in [7, 11) is 0. The topological polar surface area (TPSA) is 29.9 Å². The molecule has 0 radical (unpaired) electrons. The lowest BCUT2D eigenvalue weighted by Gasteiger charge is -2.05. The van der Waals surface area contributed by atoms with E-state index in [2.05, 4.69) is 62.5 Å². The molecule has 0 aliphatic carbocycles. The zero-order valence-electron chi connectivity index (χ0n) is 13.0. The molecular weight excluding hydrogens is 246 g/mol. The molecule has 0 atom stereocenters. The van der Waals surface area contributed by atoms with Crippen molar-refractivity contribution in [3.05, 3.63) is 52.3 Å². The molecule has 3 nitrogen and oxygen atoms in total. The van der Waals surface area contributed by atoms with Crippen LogP contribution in [0.2, 0.25) is 0 Å². The van der Waals surface area contributed by atoms with Gasteiger partial charge in [-0.25, -0.2) is 0 Å². The second-order valence-electron chi connectivity index (χ2n) is 5.53. The number of hydrogen-bond acceptors (Lipinski definition) is 2. The van der Waals surface area contributed by atoms with Gasteiger partial charge >= 0.3 is 0 Å². The van der Waals surface area contributed by atoms with Gasteiger partial charge < -0.3 is 5.32 Å². The highest BCUT2D eigenvalue weighted by Gasteiger charge is 2.05. The van der Waals surface area contributed by atoms with Gasteiger partial charge in [0, 0.05) is 18.3 Å². The third-order valence-electron chi connectivity index (χ3n) is 3.71. The number of aromatic nitrogens is 2. The van der Waals surface area contributed by atoms with Crippen LogP contribution in [0.1, 0.15) is 41.3 Å². The zero-order valence-corrected chi connectivity index (χ0v) is 13.0. The molecule has 2 aromatic rings. The van der Waals surface area contributed by atoms with E-state index in [9.17, 15) is 0 Å². The van der Waals surface area contributed by atoms with Gasteiger partial charge in [0.15, 0.2) is 0 Å². The fraction of sp³-hybridized carbons (Fsp3) is 0.471. The van der Waals surface area contributed by atoms with Crippen LogP contribution in [0.5, 0.6) is 0 Å². The third kappa shape index (κ3) is 3.70. The van der Waals surface area contributed by atoms with Crippen LogP contribution >= 0.6 is 0 Å². The molecule has 0 aliphatic rings. The monoisotopic (exact) mass is 271 g/mol. The molecule has 108 valence electrons. The summed E-state index contributed by atoms with van der Waals surface area (Å²) in [6.07, 6.45) is 3.32. The third-order valence-corrected chi connectivity index (χ3v) is 3.71. The van der Waals surface area contributed by atoms with Crippen LogP contribution in [0.3, 0.4) is 0 Å². The molecule has 0 unspecified atom stereocenters. The molecule has 1 N–H and O–H groups in total. The van der Waals surface area contributed by atoms with E-state index in [0.29, 0.717) is 0 Å². The quantitative estimate of drug-likeness (QED) is 0.817. The number of aryl methyl sites for hydroxylation is 3. The van der Waals surface area contributed by atoms with Gasteiger partial charge in [-0.3, -0.25) is 4.68 Å². The molecule has 1 aromatic carbocycles. The first-order valence-corrected chi connectivity index (χ1v) is 7.40. The Morgan fingerprint density at radius 3 is 2.65 bits per heavy atom. The minimum Gasteiger partial charge on any atom is -0.313 e. The SMILES string of the molecule is CCCNCc1cn(Cc2ccc(C)c(C)c2)nc1C. The summed E-state index contributed by atoms with van der Waals surface area (Å²) >= 11 is 0. The fourth-order valence-electron chi connectivity index (χ4n) is 2.30. The molecule has 0 aliphatic heterocycles. The molecule has 1 aromatic heterocycles. The molecule has 20 heavy (non-hydrogen) atoms. The van der Waals surface area contributed by atoms with E-state index >= 15 is 0 Å². The normalized spacial score (nSPS) is 11.0. The van der Waals surface area contributed by atoms with E-state index in [1.54, 1.807) is 0 Å². The van der Waals surface area contributed by atoms with E-state index in [1.807, 2.05) is 4.68 Å². The van der Waals surface area contributed by atoms with E-state index < -0.39 is 0 Å². The van der Waals surface area contributed by atoms with Gasteiger partial charge in [0.1, 0.15) is 0 Å². The smallest absolute Gasteiger partial charge is 0.0659 e. The Hall–Kier alpha value is -1.61. The summed E-state index contributed by atoms with van der Waals surface area (Å²) in [6.45, 7) is 11.4. The van der Waals surface area contributed by atoms with Crippen molar-refractivity contribution in [2.24, 2.45) is 0 Å². The van der Waals surface area contributed by atoms with Crippen molar-refractivity contribution in [1.29, 1.82) is 0 Å². The number of benzene rings is 1. The Kier molecular flexibility index (Phi) is 4.96. The van der Waals surface area contributed by atoms with Gasteiger partial charge in [-0.05, 0) is 50.4 Å². The predicted molar refractivity (Wildman–Crippen MR) is 84.0 cm³/mol. The Bertz CT molecular complexity index is 570. The maximum atomic E-state index is 4.61. The molecule has 0 spiro atoms. The van der Waals surface area contributed by atoms with Gasteiger partial charge in [-0.1, -0.05) is 25.1 Å². The second-order valence-corrected chi connectivity index (χ2v) is 5.53. The average Bonchev–Trinajstić information content (AvgIpc) is 2.75. The number of nitrogens with one attached hydrogen (secondary N) is 1. The molecule has 1 heterocycles. The lowest BCUT2D eigenvalue weighted by atomic mass is 10.1. The molecule has 0 fully saturated rings. The standard InChI is InChI=1S/C17H25N3/c1-5-8-18-10-17-12-20(19-15(17)4)11-16-7-6-13(2)14(3)9-16/h6-7,9,12,18H,5,8,10-11H2,1-4H3. The first kappa shape index (κ1) is 14.8. The van der Waals surface area contributed by atoms with E-state index in [-0.39, 0.29) is 0 Å². The van der Waals surface area contributed by atoms with Gasteiger partial charge in [0.05, 0.1) is 12.2 Å². The minimum atomic E-state index is 0.843. The largest absolute Gasteiger partial charge is 0.313 e. The highest BCUT2D eigenvalue weighted by Crippen LogP contribution is 2.12. The van der Waals surface area contributed by atoms with Crippen LogP contribution < -0.4 is 5.32 Å². The summed E-state index contributed by atoms with van der Waals surface area (Å²) in [5.74, 6) is 0. The van der Waals surface area contributed by atoms with Gasteiger partial charge in [-0.15, -0.1) is 0 Å². The summed E-state index contributed by atoms with van der Waals surface area (Å²) < 4.78 is 2.04. The average molecular weight is 271 g/mol. The predicted octanol–water partition coefficient (Wildman–Crippen LogP) is 3.36. The molecule has 0 bridgehead atoms. The molecular formula is C17H25N3. The summed E-state index contributed by atoms with van der Waals surface area (Å²) in [6, 6.07) is 6.63. The maximum Gasteiger partial charge on any atom is 0.0659 e. The van der Waals surface area contributed by atoms with Crippen LogP contribution in [0.4, 0.5) is 0 Å². The zero-order chi connectivity index (χ0) is 14.5. The molecule has 0 amide bonds. The van der Waals surface area contributed by atoms with E-state index in [0.717, 1.165) is 31.7 Å². The van der Waals surface area contributed by atoms with Crippen LogP contribution in [-0.4, -0.2) is 16.3 Å². The summed E-state index contributed by atoms with van der Waals surface area (Å²) in [5.41, 5.74) is 6.41. The van der Waals surface area contributed by atoms with Crippen molar-refractivity contribution >= 4 is 0 Å². The highest BCUT2D eigenvalue weighted by molar-refractivity contribution is 5.30. The first-order valence-electron chi connectivity index (χ1n) is 7.40. The van der Waals surface area contributed by atoms with Crippen LogP contribution in [0, 0.1) is 20.8 Å². The van der Waals surface area contributed by atoms with Crippen molar-refractivity contribution in [3.8, 4) is 0 Å². The van der Waals surface area contributed by atoms with Crippen LogP contribution in [0.25, 0.3) is 0 Å². The molecule has 3 heteroatoms. The Morgan fingerprint density at radius 1 is 1.15 bits per heavy atom. The van der Waals surface area contributed by atoms with Crippen molar-refractivity contribution in [1.82, 2.24) is 15.1 Å². The van der Waals surface area contributed by atoms with Gasteiger partial charge in [-0.2, -0.15) is 5.10 Å². The van der Waals surface area contributed by atoms with Gasteiger partial charge in [0.25, 0.3) is 0 Å². The first-order chi connectivity index (χ1) is 9.60. The van der Waals surface area contributed by atoms with Crippen molar-refractivity contribution in [2.45, 2.75) is 47.2 Å². The van der Waals surface area contributed by atoms with Crippen molar-refractivity contribution < 1.29 is 0 Å². The van der Waals surface area contributed by atoms with Crippen molar-refractivity contribution in [2.75, 3.05) is 6.54 Å². The highest BCUT2D eigenvalue weighted by atomic mass is 15.3. The van der Waals surface area contributed by atoms with Crippen LogP contribution in [-0.2, 0) is 13.1 Å². The summed E-state index contributed by atoms with van der Waals surface area (Å²) in [4.78, 5) is 0. The number of rotatable bonds is 6. The van der Waals surface area contributed by atoms with Crippen molar-refractivity contribution in [3.63, 3.8) is 0 Å². The lowest BCUT2D eigenvalue weighted by Crippen LogP contribution is -2.13. The molecule has 2 rings (SSSR count). The van der Waals surface area contributed by atoms with Crippen LogP contribution in [0.15, 0.2) is 24.4 Å². The Labute approximate surface area is 122 Å². The lowest BCUT2D eigenvalue weighted by molar-refractivity contribution is 0.668. The fourth-order valence-corrected chi connectivity index (χ4v) is 2.30. The number of nitrogens with zero attached hydrogens (tertiary/aromatic N) is 2. The summed E-state index contributed by atoms with van der Waals surface area (Å²) in [5, 5.41) is 8.05. The number of hydrogen-bond donors (Lipinski definition) is 1.